The van der Waals surface area contributed by atoms with Crippen molar-refractivity contribution in [3.05, 3.63) is 53.6 Å². The van der Waals surface area contributed by atoms with E-state index in [1.165, 1.54) is 43.1 Å². The molecule has 1 heterocycles. The number of aromatic nitrogens is 1. The third-order valence-corrected chi connectivity index (χ3v) is 7.85. The Morgan fingerprint density at radius 3 is 2.22 bits per heavy atom. The van der Waals surface area contributed by atoms with Crippen LogP contribution < -0.4 is 4.90 Å². The van der Waals surface area contributed by atoms with Gasteiger partial charge in [0.05, 0.1) is 15.1 Å². The zero-order valence-corrected chi connectivity index (χ0v) is 21.4. The molecule has 0 saturated heterocycles. The second-order valence-corrected chi connectivity index (χ2v) is 10.9. The minimum Gasteiger partial charge on any atom is -0.308 e. The van der Waals surface area contributed by atoms with Crippen LogP contribution in [0.1, 0.15) is 22.8 Å². The number of amides is 1. The van der Waals surface area contributed by atoms with E-state index in [1.807, 2.05) is 25.1 Å². The van der Waals surface area contributed by atoms with Crippen LogP contribution in [-0.4, -0.2) is 69.8 Å². The van der Waals surface area contributed by atoms with Crippen LogP contribution in [0.3, 0.4) is 0 Å². The summed E-state index contributed by atoms with van der Waals surface area (Å²) in [6, 6.07) is 12.2. The second kappa shape index (κ2) is 10.7. The Labute approximate surface area is 200 Å². The van der Waals surface area contributed by atoms with Gasteiger partial charge in [0.1, 0.15) is 0 Å². The number of fused-ring (bicyclic) bond motifs is 1. The van der Waals surface area contributed by atoms with Gasteiger partial charge in [0.15, 0.2) is 5.13 Å². The van der Waals surface area contributed by atoms with E-state index in [9.17, 15) is 13.2 Å². The first-order chi connectivity index (χ1) is 14.6. The molecule has 3 rings (SSSR count). The fraction of sp³-hybridized carbons (Fsp3) is 0.364. The SMILES string of the molecule is CCc1ccc2nc(N(CCN(C)C)C(=O)c3ccc(S(=O)(=O)N(C)C)cc3)sc2c1.Cl. The molecule has 1 aromatic heterocycles. The molecule has 3 aromatic rings. The van der Waals surface area contributed by atoms with Gasteiger partial charge in [0, 0.05) is 32.7 Å². The average molecular weight is 497 g/mol. The Balaban J connectivity index is 0.00000363. The van der Waals surface area contributed by atoms with Crippen LogP contribution in [0.15, 0.2) is 47.4 Å². The molecule has 32 heavy (non-hydrogen) atoms. The van der Waals surface area contributed by atoms with Gasteiger partial charge in [-0.2, -0.15) is 0 Å². The van der Waals surface area contributed by atoms with Gasteiger partial charge in [-0.15, -0.1) is 12.4 Å². The highest BCUT2D eigenvalue weighted by Gasteiger charge is 2.23. The van der Waals surface area contributed by atoms with E-state index in [0.717, 1.165) is 20.9 Å². The molecule has 0 aliphatic carbocycles. The van der Waals surface area contributed by atoms with E-state index >= 15 is 0 Å². The summed E-state index contributed by atoms with van der Waals surface area (Å²) in [5.41, 5.74) is 2.52. The molecular weight excluding hydrogens is 468 g/mol. The van der Waals surface area contributed by atoms with Crippen LogP contribution in [0.5, 0.6) is 0 Å². The monoisotopic (exact) mass is 496 g/mol. The number of thiazole rings is 1. The number of carbonyl (C=O) groups excluding carboxylic acids is 1. The highest BCUT2D eigenvalue weighted by molar-refractivity contribution is 7.89. The van der Waals surface area contributed by atoms with Crippen molar-refractivity contribution < 1.29 is 13.2 Å². The Morgan fingerprint density at radius 2 is 1.66 bits per heavy atom. The molecule has 0 bridgehead atoms. The van der Waals surface area contributed by atoms with E-state index in [4.69, 9.17) is 4.98 Å². The number of nitrogens with zero attached hydrogens (tertiary/aromatic N) is 4. The number of hydrogen-bond donors (Lipinski definition) is 0. The number of likely N-dealkylation sites (N-methyl/N-ethyl adjacent to an activating group) is 1. The Kier molecular flexibility index (Phi) is 8.78. The number of hydrogen-bond acceptors (Lipinski definition) is 6. The zero-order valence-electron chi connectivity index (χ0n) is 18.9. The first kappa shape index (κ1) is 26.2. The van der Waals surface area contributed by atoms with E-state index in [0.29, 0.717) is 23.8 Å². The zero-order chi connectivity index (χ0) is 22.8. The third kappa shape index (κ3) is 5.65. The number of aryl methyl sites for hydroxylation is 1. The van der Waals surface area contributed by atoms with Crippen molar-refractivity contribution in [2.45, 2.75) is 18.2 Å². The molecule has 0 fully saturated rings. The summed E-state index contributed by atoms with van der Waals surface area (Å²) in [5, 5.41) is 0.639. The number of anilines is 1. The Hall–Kier alpha value is -2.04. The van der Waals surface area contributed by atoms with Crippen LogP contribution in [0, 0.1) is 0 Å². The average Bonchev–Trinajstić information content (AvgIpc) is 3.16. The van der Waals surface area contributed by atoms with Gasteiger partial charge in [0.2, 0.25) is 10.0 Å². The molecule has 0 radical (unpaired) electrons. The second-order valence-electron chi connectivity index (χ2n) is 7.72. The van der Waals surface area contributed by atoms with Crippen LogP contribution in [0.25, 0.3) is 10.2 Å². The Bertz CT molecular complexity index is 1180. The first-order valence-electron chi connectivity index (χ1n) is 10.0. The number of benzene rings is 2. The molecule has 0 N–H and O–H groups in total. The van der Waals surface area contributed by atoms with Gasteiger partial charge in [-0.05, 0) is 62.5 Å². The number of halogens is 1. The minimum absolute atomic E-state index is 0. The fourth-order valence-corrected chi connectivity index (χ4v) is 4.97. The maximum atomic E-state index is 13.4. The number of sulfonamides is 1. The molecule has 0 spiro atoms. The van der Waals surface area contributed by atoms with E-state index in [1.54, 1.807) is 17.0 Å². The van der Waals surface area contributed by atoms with E-state index < -0.39 is 10.0 Å². The normalized spacial score (nSPS) is 11.7. The largest absolute Gasteiger partial charge is 0.308 e. The summed E-state index contributed by atoms with van der Waals surface area (Å²) in [5.74, 6) is -0.203. The quantitative estimate of drug-likeness (QED) is 0.475. The molecule has 2 aromatic carbocycles. The summed E-state index contributed by atoms with van der Waals surface area (Å²) in [6.45, 7) is 3.26. The molecule has 7 nitrogen and oxygen atoms in total. The maximum absolute atomic E-state index is 13.4. The van der Waals surface area contributed by atoms with Crippen molar-refractivity contribution in [1.29, 1.82) is 0 Å². The van der Waals surface area contributed by atoms with Crippen LogP contribution >= 0.6 is 23.7 Å². The number of rotatable bonds is 8. The summed E-state index contributed by atoms with van der Waals surface area (Å²) in [6.07, 6.45) is 0.939. The van der Waals surface area contributed by atoms with Crippen molar-refractivity contribution in [2.24, 2.45) is 0 Å². The van der Waals surface area contributed by atoms with Gasteiger partial charge < -0.3 is 4.90 Å². The molecule has 0 unspecified atom stereocenters. The molecule has 10 heteroatoms. The van der Waals surface area contributed by atoms with Crippen LogP contribution in [0.2, 0.25) is 0 Å². The van der Waals surface area contributed by atoms with E-state index in [-0.39, 0.29) is 23.2 Å². The standard InChI is InChI=1S/C22H28N4O3S2.ClH/c1-6-16-7-12-19-20(15-16)30-22(23-19)26(14-13-24(2)3)21(27)17-8-10-18(11-9-17)31(28,29)25(4)5;/h7-12,15H,6,13-14H2,1-5H3;1H. The lowest BCUT2D eigenvalue weighted by Gasteiger charge is -2.22. The van der Waals surface area contributed by atoms with Gasteiger partial charge in [-0.25, -0.2) is 17.7 Å². The lowest BCUT2D eigenvalue weighted by molar-refractivity contribution is 0.0985. The highest BCUT2D eigenvalue weighted by Crippen LogP contribution is 2.31. The molecule has 0 aliphatic heterocycles. The van der Waals surface area contributed by atoms with Crippen molar-refractivity contribution in [1.82, 2.24) is 14.2 Å². The summed E-state index contributed by atoms with van der Waals surface area (Å²) in [4.78, 5) is 21.9. The first-order valence-corrected chi connectivity index (χ1v) is 12.3. The van der Waals surface area contributed by atoms with Crippen molar-refractivity contribution >= 4 is 55.0 Å². The lowest BCUT2D eigenvalue weighted by atomic mass is 10.2. The van der Waals surface area contributed by atoms with Gasteiger partial charge in [0.25, 0.3) is 5.91 Å². The summed E-state index contributed by atoms with van der Waals surface area (Å²) >= 11 is 1.49. The fourth-order valence-electron chi connectivity index (χ4n) is 3.01. The lowest BCUT2D eigenvalue weighted by Crippen LogP contribution is -2.36. The van der Waals surface area contributed by atoms with Gasteiger partial charge in [-0.3, -0.25) is 9.69 Å². The Morgan fingerprint density at radius 1 is 1.00 bits per heavy atom. The molecule has 0 atom stereocenters. The predicted molar refractivity (Wildman–Crippen MR) is 134 cm³/mol. The molecular formula is C22H29ClN4O3S2. The topological polar surface area (TPSA) is 73.8 Å². The minimum atomic E-state index is -3.55. The molecule has 1 amide bonds. The molecule has 0 aliphatic rings. The smallest absolute Gasteiger partial charge is 0.260 e. The van der Waals surface area contributed by atoms with E-state index in [2.05, 4.69) is 19.1 Å². The summed E-state index contributed by atoms with van der Waals surface area (Å²) in [7, 11) is 3.32. The van der Waals surface area contributed by atoms with Crippen LogP contribution in [-0.2, 0) is 16.4 Å². The van der Waals surface area contributed by atoms with Crippen LogP contribution in [0.4, 0.5) is 5.13 Å². The van der Waals surface area contributed by atoms with Gasteiger partial charge >= 0.3 is 0 Å². The van der Waals surface area contributed by atoms with Crippen molar-refractivity contribution in [3.8, 4) is 0 Å². The molecule has 174 valence electrons. The van der Waals surface area contributed by atoms with Crippen molar-refractivity contribution in [2.75, 3.05) is 46.2 Å². The maximum Gasteiger partial charge on any atom is 0.260 e. The summed E-state index contributed by atoms with van der Waals surface area (Å²) < 4.78 is 26.8. The van der Waals surface area contributed by atoms with Gasteiger partial charge in [-0.1, -0.05) is 24.3 Å². The predicted octanol–water partition coefficient (Wildman–Crippen LogP) is 3.74. The van der Waals surface area contributed by atoms with Crippen molar-refractivity contribution in [3.63, 3.8) is 0 Å². The third-order valence-electron chi connectivity index (χ3n) is 4.98. The molecule has 0 saturated carbocycles. The highest BCUT2D eigenvalue weighted by atomic mass is 35.5. The number of carbonyl (C=O) groups is 1.